The number of ether oxygens (including phenoxy) is 1. The van der Waals surface area contributed by atoms with Crippen molar-refractivity contribution in [2.24, 2.45) is 0 Å². The molecule has 0 unspecified atom stereocenters. The molecule has 0 atom stereocenters. The summed E-state index contributed by atoms with van der Waals surface area (Å²) >= 11 is 5.84. The predicted molar refractivity (Wildman–Crippen MR) is 118 cm³/mol. The highest BCUT2D eigenvalue weighted by molar-refractivity contribution is 6.30. The van der Waals surface area contributed by atoms with E-state index in [2.05, 4.69) is 22.3 Å². The number of rotatable bonds is 7. The fourth-order valence-corrected chi connectivity index (χ4v) is 3.64. The number of methoxy groups -OCH3 is 1. The molecule has 1 saturated heterocycles. The van der Waals surface area contributed by atoms with E-state index in [1.165, 1.54) is 5.56 Å². The molecular weight excluding hydrogens is 402 g/mol. The third-order valence-electron chi connectivity index (χ3n) is 5.24. The number of carbonyl (C=O) groups is 2. The Hall–Kier alpha value is -2.57. The first-order chi connectivity index (χ1) is 14.5. The lowest BCUT2D eigenvalue weighted by atomic mass is 10.2. The first-order valence-corrected chi connectivity index (χ1v) is 10.6. The van der Waals surface area contributed by atoms with Crippen molar-refractivity contribution in [3.8, 4) is 5.75 Å². The smallest absolute Gasteiger partial charge is 0.251 e. The van der Waals surface area contributed by atoms with Crippen LogP contribution in [0.25, 0.3) is 0 Å². The van der Waals surface area contributed by atoms with Crippen LogP contribution in [-0.2, 0) is 11.3 Å². The first-order valence-electron chi connectivity index (χ1n) is 10.2. The van der Waals surface area contributed by atoms with Crippen LogP contribution >= 0.6 is 11.6 Å². The van der Waals surface area contributed by atoms with Crippen LogP contribution in [0, 0.1) is 0 Å². The number of hydrogen-bond donors (Lipinski definition) is 1. The third kappa shape index (κ3) is 6.47. The van der Waals surface area contributed by atoms with Gasteiger partial charge in [0.1, 0.15) is 5.75 Å². The Kier molecular flexibility index (Phi) is 8.11. The Morgan fingerprint density at radius 2 is 1.73 bits per heavy atom. The van der Waals surface area contributed by atoms with Crippen molar-refractivity contribution in [2.75, 3.05) is 39.8 Å². The Balaban J connectivity index is 1.41. The standard InChI is InChI=1S/C23H28ClN3O3/c1-30-21-9-3-18(4-10-21)17-26-13-2-14-27(16-15-26)22(28)11-12-25-23(29)19-5-7-20(24)8-6-19/h3-10H,2,11-17H2,1H3,(H,25,29). The molecule has 0 spiro atoms. The SMILES string of the molecule is COc1ccc(CN2CCCN(C(=O)CCNC(=O)c3ccc(Cl)cc3)CC2)cc1. The maximum Gasteiger partial charge on any atom is 0.251 e. The Bertz CT molecular complexity index is 840. The van der Waals surface area contributed by atoms with Gasteiger partial charge < -0.3 is 15.0 Å². The average Bonchev–Trinajstić information content (AvgIpc) is 3.00. The molecule has 160 valence electrons. The van der Waals surface area contributed by atoms with Crippen LogP contribution in [0.15, 0.2) is 48.5 Å². The molecule has 1 aliphatic rings. The molecule has 1 fully saturated rings. The summed E-state index contributed by atoms with van der Waals surface area (Å²) in [7, 11) is 1.67. The third-order valence-corrected chi connectivity index (χ3v) is 5.49. The van der Waals surface area contributed by atoms with Gasteiger partial charge in [0, 0.05) is 56.3 Å². The zero-order valence-corrected chi connectivity index (χ0v) is 18.0. The zero-order valence-electron chi connectivity index (χ0n) is 17.3. The lowest BCUT2D eigenvalue weighted by Crippen LogP contribution is -2.37. The summed E-state index contributed by atoms with van der Waals surface area (Å²) in [4.78, 5) is 29.0. The molecule has 2 aromatic rings. The monoisotopic (exact) mass is 429 g/mol. The van der Waals surface area contributed by atoms with E-state index in [4.69, 9.17) is 16.3 Å². The van der Waals surface area contributed by atoms with Gasteiger partial charge in [-0.1, -0.05) is 23.7 Å². The molecule has 1 aliphatic heterocycles. The predicted octanol–water partition coefficient (Wildman–Crippen LogP) is 3.20. The van der Waals surface area contributed by atoms with Gasteiger partial charge in [0.15, 0.2) is 0 Å². The summed E-state index contributed by atoms with van der Waals surface area (Å²) < 4.78 is 5.21. The summed E-state index contributed by atoms with van der Waals surface area (Å²) in [6, 6.07) is 14.8. The van der Waals surface area contributed by atoms with Crippen LogP contribution in [0.1, 0.15) is 28.8 Å². The molecule has 1 N–H and O–H groups in total. The van der Waals surface area contributed by atoms with Crippen molar-refractivity contribution >= 4 is 23.4 Å². The highest BCUT2D eigenvalue weighted by atomic mass is 35.5. The van der Waals surface area contributed by atoms with E-state index >= 15 is 0 Å². The van der Waals surface area contributed by atoms with Crippen LogP contribution in [0.3, 0.4) is 0 Å². The van der Waals surface area contributed by atoms with Crippen molar-refractivity contribution in [3.05, 3.63) is 64.7 Å². The second-order valence-corrected chi connectivity index (χ2v) is 7.81. The van der Waals surface area contributed by atoms with Crippen molar-refractivity contribution in [2.45, 2.75) is 19.4 Å². The molecule has 0 saturated carbocycles. The number of nitrogens with one attached hydrogen (secondary N) is 1. The topological polar surface area (TPSA) is 61.9 Å². The van der Waals surface area contributed by atoms with Crippen molar-refractivity contribution in [1.29, 1.82) is 0 Å². The second-order valence-electron chi connectivity index (χ2n) is 7.37. The van der Waals surface area contributed by atoms with Crippen LogP contribution in [0.2, 0.25) is 5.02 Å². The summed E-state index contributed by atoms with van der Waals surface area (Å²) in [6.45, 7) is 4.46. The van der Waals surface area contributed by atoms with E-state index in [1.54, 1.807) is 31.4 Å². The Morgan fingerprint density at radius 1 is 1.00 bits per heavy atom. The maximum absolute atomic E-state index is 12.6. The molecular formula is C23H28ClN3O3. The number of halogens is 1. The molecule has 0 radical (unpaired) electrons. The minimum Gasteiger partial charge on any atom is -0.497 e. The largest absolute Gasteiger partial charge is 0.497 e. The van der Waals surface area contributed by atoms with Crippen molar-refractivity contribution in [3.63, 3.8) is 0 Å². The van der Waals surface area contributed by atoms with Crippen LogP contribution < -0.4 is 10.1 Å². The van der Waals surface area contributed by atoms with Crippen LogP contribution in [-0.4, -0.2) is 61.4 Å². The fraction of sp³-hybridized carbons (Fsp3) is 0.391. The highest BCUT2D eigenvalue weighted by Gasteiger charge is 2.19. The van der Waals surface area contributed by atoms with Crippen molar-refractivity contribution in [1.82, 2.24) is 15.1 Å². The van der Waals surface area contributed by atoms with E-state index in [0.717, 1.165) is 38.3 Å². The quantitative estimate of drug-likeness (QED) is 0.734. The average molecular weight is 430 g/mol. The van der Waals surface area contributed by atoms with E-state index in [-0.39, 0.29) is 11.8 Å². The molecule has 0 aliphatic carbocycles. The van der Waals surface area contributed by atoms with Gasteiger partial charge in [-0.25, -0.2) is 0 Å². The maximum atomic E-state index is 12.6. The fourth-order valence-electron chi connectivity index (χ4n) is 3.51. The first kappa shape index (κ1) is 22.1. The second kappa shape index (κ2) is 11.0. The molecule has 7 heteroatoms. The summed E-state index contributed by atoms with van der Waals surface area (Å²) in [5, 5.41) is 3.39. The number of carbonyl (C=O) groups excluding carboxylic acids is 2. The molecule has 3 rings (SSSR count). The summed E-state index contributed by atoms with van der Waals surface area (Å²) in [6.07, 6.45) is 1.25. The highest BCUT2D eigenvalue weighted by Crippen LogP contribution is 2.14. The molecule has 6 nitrogen and oxygen atoms in total. The molecule has 0 bridgehead atoms. The molecule has 2 aromatic carbocycles. The number of amides is 2. The molecule has 30 heavy (non-hydrogen) atoms. The summed E-state index contributed by atoms with van der Waals surface area (Å²) in [5.74, 6) is 0.744. The van der Waals surface area contributed by atoms with Gasteiger partial charge in [0.25, 0.3) is 5.91 Å². The van der Waals surface area contributed by atoms with Gasteiger partial charge in [-0.3, -0.25) is 14.5 Å². The normalized spacial score (nSPS) is 14.8. The minimum absolute atomic E-state index is 0.0812. The van der Waals surface area contributed by atoms with Crippen LogP contribution in [0.5, 0.6) is 5.75 Å². The van der Waals surface area contributed by atoms with Gasteiger partial charge in [-0.05, 0) is 48.4 Å². The van der Waals surface area contributed by atoms with Crippen molar-refractivity contribution < 1.29 is 14.3 Å². The Morgan fingerprint density at radius 3 is 2.43 bits per heavy atom. The van der Waals surface area contributed by atoms with E-state index in [9.17, 15) is 9.59 Å². The van der Waals surface area contributed by atoms with E-state index in [0.29, 0.717) is 30.1 Å². The summed E-state index contributed by atoms with van der Waals surface area (Å²) in [5.41, 5.74) is 1.77. The number of nitrogens with zero attached hydrogens (tertiary/aromatic N) is 2. The lowest BCUT2D eigenvalue weighted by Gasteiger charge is -2.22. The van der Waals surface area contributed by atoms with Crippen LogP contribution in [0.4, 0.5) is 0 Å². The van der Waals surface area contributed by atoms with E-state index < -0.39 is 0 Å². The van der Waals surface area contributed by atoms with Gasteiger partial charge in [0.05, 0.1) is 7.11 Å². The molecule has 1 heterocycles. The van der Waals surface area contributed by atoms with Gasteiger partial charge in [-0.2, -0.15) is 0 Å². The van der Waals surface area contributed by atoms with Gasteiger partial charge in [-0.15, -0.1) is 0 Å². The minimum atomic E-state index is -0.194. The number of hydrogen-bond acceptors (Lipinski definition) is 4. The molecule has 2 amide bonds. The van der Waals surface area contributed by atoms with E-state index in [1.807, 2.05) is 17.0 Å². The number of benzene rings is 2. The lowest BCUT2D eigenvalue weighted by molar-refractivity contribution is -0.130. The zero-order chi connectivity index (χ0) is 21.3. The van der Waals surface area contributed by atoms with Gasteiger partial charge >= 0.3 is 0 Å². The molecule has 0 aromatic heterocycles. The Labute approximate surface area is 182 Å². The van der Waals surface area contributed by atoms with Gasteiger partial charge in [0.2, 0.25) is 5.91 Å².